The average Bonchev–Trinajstić information content (AvgIpc) is 2.62. The summed E-state index contributed by atoms with van der Waals surface area (Å²) in [5.74, 6) is 0.471. The molecule has 2 aromatic rings. The number of halogens is 2. The minimum atomic E-state index is -3.63. The number of hydrogen-bond acceptors (Lipinski definition) is 6. The van der Waals surface area contributed by atoms with Gasteiger partial charge in [0.25, 0.3) is 0 Å². The zero-order valence-corrected chi connectivity index (χ0v) is 9.43. The largest absolute Gasteiger partial charge is 0.586 e. The molecule has 0 unspecified atom stereocenters. The van der Waals surface area contributed by atoms with Gasteiger partial charge in [-0.1, -0.05) is 0 Å². The Morgan fingerprint density at radius 2 is 1.95 bits per heavy atom. The molecule has 0 radical (unpaired) electrons. The van der Waals surface area contributed by atoms with E-state index in [4.69, 9.17) is 5.73 Å². The Morgan fingerprint density at radius 3 is 2.74 bits per heavy atom. The van der Waals surface area contributed by atoms with Crippen molar-refractivity contribution in [3.63, 3.8) is 0 Å². The molecule has 0 saturated heterocycles. The number of aromatic nitrogens is 2. The molecule has 8 heteroatoms. The number of nitrogen functional groups attached to an aromatic ring is 1. The molecule has 0 aliphatic carbocycles. The van der Waals surface area contributed by atoms with Crippen molar-refractivity contribution in [2.75, 3.05) is 11.1 Å². The molecule has 1 aromatic carbocycles. The maximum Gasteiger partial charge on any atom is 0.586 e. The number of fused-ring (bicyclic) bond motifs is 1. The zero-order valence-electron chi connectivity index (χ0n) is 9.43. The van der Waals surface area contributed by atoms with Crippen molar-refractivity contribution < 1.29 is 18.3 Å². The van der Waals surface area contributed by atoms with Crippen molar-refractivity contribution in [3.05, 3.63) is 30.5 Å². The fourth-order valence-corrected chi connectivity index (χ4v) is 1.59. The van der Waals surface area contributed by atoms with Crippen LogP contribution in [0.4, 0.5) is 26.2 Å². The molecule has 19 heavy (non-hydrogen) atoms. The number of alkyl halides is 2. The number of rotatable bonds is 2. The van der Waals surface area contributed by atoms with Crippen molar-refractivity contribution in [1.29, 1.82) is 0 Å². The van der Waals surface area contributed by atoms with Crippen molar-refractivity contribution in [2.45, 2.75) is 6.29 Å². The van der Waals surface area contributed by atoms with E-state index in [2.05, 4.69) is 24.8 Å². The number of ether oxygens (including phenoxy) is 2. The van der Waals surface area contributed by atoms with Crippen LogP contribution in [0, 0.1) is 0 Å². The third kappa shape index (κ3) is 2.32. The third-order valence-corrected chi connectivity index (χ3v) is 2.33. The molecular weight excluding hydrogens is 258 g/mol. The fraction of sp³-hybridized carbons (Fsp3) is 0.0909. The summed E-state index contributed by atoms with van der Waals surface area (Å²) in [6.45, 7) is 0. The number of nitrogens with one attached hydrogen (secondary N) is 1. The summed E-state index contributed by atoms with van der Waals surface area (Å²) in [4.78, 5) is 7.86. The summed E-state index contributed by atoms with van der Waals surface area (Å²) in [5, 5.41) is 2.82. The first-order valence-electron chi connectivity index (χ1n) is 5.27. The molecule has 3 rings (SSSR count). The lowest BCUT2D eigenvalue weighted by molar-refractivity contribution is -0.286. The highest BCUT2D eigenvalue weighted by atomic mass is 19.3. The fourth-order valence-electron chi connectivity index (χ4n) is 1.59. The molecule has 6 nitrogen and oxygen atoms in total. The summed E-state index contributed by atoms with van der Waals surface area (Å²) in [7, 11) is 0. The molecule has 0 fully saturated rings. The van der Waals surface area contributed by atoms with Crippen LogP contribution in [0.1, 0.15) is 0 Å². The number of nitrogens with two attached hydrogens (primary N) is 1. The van der Waals surface area contributed by atoms with E-state index in [1.807, 2.05) is 0 Å². The molecule has 0 bridgehead atoms. The van der Waals surface area contributed by atoms with Gasteiger partial charge in [-0.25, -0.2) is 4.98 Å². The van der Waals surface area contributed by atoms with Crippen LogP contribution in [0.25, 0.3) is 0 Å². The minimum Gasteiger partial charge on any atom is -0.395 e. The van der Waals surface area contributed by atoms with Gasteiger partial charge >= 0.3 is 6.29 Å². The monoisotopic (exact) mass is 266 g/mol. The van der Waals surface area contributed by atoms with E-state index in [1.54, 1.807) is 0 Å². The van der Waals surface area contributed by atoms with E-state index in [0.29, 0.717) is 11.5 Å². The van der Waals surface area contributed by atoms with Gasteiger partial charge in [-0.05, 0) is 18.2 Å². The molecule has 0 spiro atoms. The second-order valence-electron chi connectivity index (χ2n) is 3.76. The SMILES string of the molecule is Nc1ccnc(Nc2ccc3c(c2)OC(F)(F)O3)n1. The molecule has 2 heterocycles. The van der Waals surface area contributed by atoms with Gasteiger partial charge < -0.3 is 20.5 Å². The normalized spacial score (nSPS) is 15.3. The number of nitrogens with zero attached hydrogens (tertiary/aromatic N) is 2. The highest BCUT2D eigenvalue weighted by Gasteiger charge is 2.43. The minimum absolute atomic E-state index is 0.0240. The summed E-state index contributed by atoms with van der Waals surface area (Å²) in [5.41, 5.74) is 5.98. The van der Waals surface area contributed by atoms with Crippen LogP contribution in [0.2, 0.25) is 0 Å². The third-order valence-electron chi connectivity index (χ3n) is 2.33. The first-order chi connectivity index (χ1) is 9.02. The van der Waals surface area contributed by atoms with Crippen molar-refractivity contribution >= 4 is 17.5 Å². The molecule has 1 aromatic heterocycles. The van der Waals surface area contributed by atoms with Crippen molar-refractivity contribution in [3.8, 4) is 11.5 Å². The Labute approximate surface area is 106 Å². The van der Waals surface area contributed by atoms with Gasteiger partial charge in [0.2, 0.25) is 5.95 Å². The van der Waals surface area contributed by atoms with Gasteiger partial charge in [0.1, 0.15) is 5.82 Å². The van der Waals surface area contributed by atoms with Crippen LogP contribution >= 0.6 is 0 Å². The quantitative estimate of drug-likeness (QED) is 0.866. The topological polar surface area (TPSA) is 82.3 Å². The predicted octanol–water partition coefficient (Wildman–Crippen LogP) is 2.12. The van der Waals surface area contributed by atoms with Crippen molar-refractivity contribution in [2.24, 2.45) is 0 Å². The van der Waals surface area contributed by atoms with E-state index >= 15 is 0 Å². The second kappa shape index (κ2) is 3.94. The zero-order chi connectivity index (χ0) is 13.5. The Kier molecular flexibility index (Phi) is 2.37. The lowest BCUT2D eigenvalue weighted by Gasteiger charge is -2.05. The van der Waals surface area contributed by atoms with E-state index in [-0.39, 0.29) is 17.4 Å². The smallest absolute Gasteiger partial charge is 0.395 e. The summed E-state index contributed by atoms with van der Waals surface area (Å²) >= 11 is 0. The second-order valence-corrected chi connectivity index (χ2v) is 3.76. The number of anilines is 3. The van der Waals surface area contributed by atoms with Crippen LogP contribution in [-0.2, 0) is 0 Å². The van der Waals surface area contributed by atoms with E-state index in [1.165, 1.54) is 30.5 Å². The standard InChI is InChI=1S/C11H8F2N4O2/c12-11(13)18-7-2-1-6(5-8(7)19-11)16-10-15-4-3-9(14)17-10/h1-5H,(H3,14,15,16,17). The van der Waals surface area contributed by atoms with Gasteiger partial charge in [0.05, 0.1) is 0 Å². The maximum atomic E-state index is 12.8. The number of hydrogen-bond donors (Lipinski definition) is 2. The molecule has 98 valence electrons. The Balaban J connectivity index is 1.85. The summed E-state index contributed by atoms with van der Waals surface area (Å²) in [6, 6.07) is 5.80. The van der Waals surface area contributed by atoms with Gasteiger partial charge in [0, 0.05) is 18.0 Å². The van der Waals surface area contributed by atoms with E-state index < -0.39 is 6.29 Å². The first-order valence-corrected chi connectivity index (χ1v) is 5.27. The van der Waals surface area contributed by atoms with Crippen LogP contribution in [0.15, 0.2) is 30.5 Å². The molecule has 1 aliphatic rings. The van der Waals surface area contributed by atoms with Gasteiger partial charge in [-0.15, -0.1) is 8.78 Å². The van der Waals surface area contributed by atoms with Crippen molar-refractivity contribution in [1.82, 2.24) is 9.97 Å². The van der Waals surface area contributed by atoms with Gasteiger partial charge in [0.15, 0.2) is 11.5 Å². The molecule has 3 N–H and O–H groups in total. The van der Waals surface area contributed by atoms with Crippen LogP contribution in [0.5, 0.6) is 11.5 Å². The van der Waals surface area contributed by atoms with E-state index in [0.717, 1.165) is 0 Å². The Bertz CT molecular complexity index is 636. The maximum absolute atomic E-state index is 12.8. The predicted molar refractivity (Wildman–Crippen MR) is 62.4 cm³/mol. The molecular formula is C11H8F2N4O2. The van der Waals surface area contributed by atoms with Gasteiger partial charge in [-0.3, -0.25) is 0 Å². The summed E-state index contributed by atoms with van der Waals surface area (Å²) < 4.78 is 34.3. The van der Waals surface area contributed by atoms with Crippen LogP contribution < -0.4 is 20.5 Å². The molecule has 0 saturated carbocycles. The Hall–Kier alpha value is -2.64. The molecule has 0 amide bonds. The highest BCUT2D eigenvalue weighted by molar-refractivity contribution is 5.60. The lowest BCUT2D eigenvalue weighted by atomic mass is 10.3. The average molecular weight is 266 g/mol. The highest BCUT2D eigenvalue weighted by Crippen LogP contribution is 2.42. The number of benzene rings is 1. The van der Waals surface area contributed by atoms with Crippen LogP contribution in [-0.4, -0.2) is 16.3 Å². The molecule has 1 aliphatic heterocycles. The van der Waals surface area contributed by atoms with Gasteiger partial charge in [-0.2, -0.15) is 4.98 Å². The first kappa shape index (κ1) is 11.5. The summed E-state index contributed by atoms with van der Waals surface area (Å²) in [6.07, 6.45) is -2.15. The van der Waals surface area contributed by atoms with Crippen LogP contribution in [0.3, 0.4) is 0 Å². The Morgan fingerprint density at radius 1 is 1.16 bits per heavy atom. The lowest BCUT2D eigenvalue weighted by Crippen LogP contribution is -2.25. The molecule has 0 atom stereocenters. The van der Waals surface area contributed by atoms with E-state index in [9.17, 15) is 8.78 Å².